The van der Waals surface area contributed by atoms with E-state index in [-0.39, 0.29) is 12.6 Å². The maximum Gasteiger partial charge on any atom is 0.276 e. The Morgan fingerprint density at radius 2 is 2.21 bits per heavy atom. The number of carbonyl (C=O) groups excluding carboxylic acids is 1. The average Bonchev–Trinajstić information content (AvgIpc) is 3.06. The summed E-state index contributed by atoms with van der Waals surface area (Å²) in [5, 5.41) is 7.61. The molecular weight excluding hydrogens is 328 g/mol. The van der Waals surface area contributed by atoms with E-state index in [1.54, 1.807) is 53.6 Å². The Hall–Kier alpha value is -2.86. The number of benzene rings is 1. The van der Waals surface area contributed by atoms with Crippen LogP contribution in [-0.4, -0.2) is 20.7 Å². The molecule has 0 spiro atoms. The van der Waals surface area contributed by atoms with E-state index in [0.29, 0.717) is 22.2 Å². The fourth-order valence-electron chi connectivity index (χ4n) is 2.03. The maximum atomic E-state index is 12.1. The Morgan fingerprint density at radius 3 is 2.96 bits per heavy atom. The van der Waals surface area contributed by atoms with E-state index < -0.39 is 0 Å². The number of nitrogens with one attached hydrogen (secondary N) is 1. The van der Waals surface area contributed by atoms with Gasteiger partial charge in [-0.05, 0) is 48.9 Å². The summed E-state index contributed by atoms with van der Waals surface area (Å²) in [6.45, 7) is 2.10. The molecule has 0 radical (unpaired) electrons. The first-order valence-corrected chi connectivity index (χ1v) is 7.63. The van der Waals surface area contributed by atoms with E-state index in [0.717, 1.165) is 5.56 Å². The number of aryl methyl sites for hydroxylation is 1. The number of ether oxygens (including phenoxy) is 1. The van der Waals surface area contributed by atoms with Crippen molar-refractivity contribution in [3.05, 3.63) is 71.3 Å². The lowest BCUT2D eigenvalue weighted by atomic mass is 10.2. The van der Waals surface area contributed by atoms with Gasteiger partial charge in [-0.3, -0.25) is 9.78 Å². The molecule has 0 atom stereocenters. The summed E-state index contributed by atoms with van der Waals surface area (Å²) in [5.41, 5.74) is 1.85. The molecule has 0 aliphatic rings. The molecule has 3 rings (SSSR count). The predicted octanol–water partition coefficient (Wildman–Crippen LogP) is 3.53. The first-order valence-electron chi connectivity index (χ1n) is 7.25. The molecule has 122 valence electrons. The summed E-state index contributed by atoms with van der Waals surface area (Å²) >= 11 is 5.98. The lowest BCUT2D eigenvalue weighted by Gasteiger charge is -2.07. The van der Waals surface area contributed by atoms with Crippen LogP contribution in [0.4, 0.5) is 5.69 Å². The molecule has 1 N–H and O–H groups in total. The van der Waals surface area contributed by atoms with E-state index in [1.807, 2.05) is 13.0 Å². The number of carbonyl (C=O) groups is 1. The number of rotatable bonds is 5. The van der Waals surface area contributed by atoms with Crippen molar-refractivity contribution in [1.82, 2.24) is 14.8 Å². The van der Waals surface area contributed by atoms with Gasteiger partial charge in [-0.1, -0.05) is 11.6 Å². The molecule has 0 aliphatic heterocycles. The zero-order valence-electron chi connectivity index (χ0n) is 12.9. The third-order valence-corrected chi connectivity index (χ3v) is 3.71. The Bertz CT molecular complexity index is 849. The molecule has 7 heteroatoms. The number of aromatic nitrogens is 3. The monoisotopic (exact) mass is 342 g/mol. The third kappa shape index (κ3) is 3.91. The Balaban J connectivity index is 1.60. The van der Waals surface area contributed by atoms with Gasteiger partial charge in [0.1, 0.15) is 5.75 Å². The first kappa shape index (κ1) is 16.0. The third-order valence-electron chi connectivity index (χ3n) is 3.29. The van der Waals surface area contributed by atoms with Crippen LogP contribution in [0.15, 0.2) is 55.0 Å². The van der Waals surface area contributed by atoms with Gasteiger partial charge in [0.05, 0.1) is 11.9 Å². The Morgan fingerprint density at radius 1 is 1.33 bits per heavy atom. The molecule has 1 amide bonds. The van der Waals surface area contributed by atoms with E-state index in [4.69, 9.17) is 16.3 Å². The molecule has 6 nitrogen and oxygen atoms in total. The Labute approximate surface area is 144 Å². The zero-order chi connectivity index (χ0) is 16.9. The minimum atomic E-state index is -0.302. The molecule has 3 aromatic rings. The highest BCUT2D eigenvalue weighted by molar-refractivity contribution is 6.31. The minimum absolute atomic E-state index is 0.196. The molecular formula is C17H15ClN4O2. The molecule has 1 aromatic carbocycles. The predicted molar refractivity (Wildman–Crippen MR) is 91.2 cm³/mol. The quantitative estimate of drug-likeness (QED) is 0.770. The van der Waals surface area contributed by atoms with Crippen LogP contribution in [0.3, 0.4) is 0 Å². The van der Waals surface area contributed by atoms with Gasteiger partial charge < -0.3 is 10.1 Å². The number of hydrogen-bond acceptors (Lipinski definition) is 4. The second-order valence-corrected chi connectivity index (χ2v) is 5.53. The summed E-state index contributed by atoms with van der Waals surface area (Å²) in [6, 6.07) is 10.5. The van der Waals surface area contributed by atoms with Gasteiger partial charge in [0.15, 0.2) is 12.4 Å². The normalized spacial score (nSPS) is 10.4. The van der Waals surface area contributed by atoms with Crippen LogP contribution in [0, 0.1) is 6.92 Å². The summed E-state index contributed by atoms with van der Waals surface area (Å²) in [5.74, 6) is 0.387. The van der Waals surface area contributed by atoms with Crippen LogP contribution >= 0.6 is 11.6 Å². The molecule has 0 saturated heterocycles. The summed E-state index contributed by atoms with van der Waals surface area (Å²) in [6.07, 6.45) is 4.89. The second-order valence-electron chi connectivity index (χ2n) is 5.12. The SMILES string of the molecule is Cc1cc(OCn2ccc(C(=O)Nc3cccnc3)n2)ccc1Cl. The van der Waals surface area contributed by atoms with Gasteiger partial charge in [0.25, 0.3) is 5.91 Å². The van der Waals surface area contributed by atoms with Crippen LogP contribution in [0.25, 0.3) is 0 Å². The van der Waals surface area contributed by atoms with Crippen molar-refractivity contribution in [2.75, 3.05) is 5.32 Å². The van der Waals surface area contributed by atoms with Crippen LogP contribution in [-0.2, 0) is 6.73 Å². The van der Waals surface area contributed by atoms with Crippen LogP contribution in [0.1, 0.15) is 16.1 Å². The van der Waals surface area contributed by atoms with Crippen LogP contribution < -0.4 is 10.1 Å². The van der Waals surface area contributed by atoms with Crippen molar-refractivity contribution in [2.45, 2.75) is 13.7 Å². The van der Waals surface area contributed by atoms with E-state index in [9.17, 15) is 4.79 Å². The number of nitrogens with zero attached hydrogens (tertiary/aromatic N) is 3. The summed E-state index contributed by atoms with van der Waals surface area (Å²) in [7, 11) is 0. The molecule has 0 fully saturated rings. The lowest BCUT2D eigenvalue weighted by molar-refractivity contribution is 0.102. The second kappa shape index (κ2) is 7.14. The van der Waals surface area contributed by atoms with Gasteiger partial charge in [0, 0.05) is 17.4 Å². The number of hydrogen-bond donors (Lipinski definition) is 1. The number of anilines is 1. The van der Waals surface area contributed by atoms with Gasteiger partial charge in [-0.2, -0.15) is 5.10 Å². The first-order chi connectivity index (χ1) is 11.6. The molecule has 0 aliphatic carbocycles. The van der Waals surface area contributed by atoms with Crippen molar-refractivity contribution in [3.8, 4) is 5.75 Å². The van der Waals surface area contributed by atoms with Crippen molar-refractivity contribution >= 4 is 23.2 Å². The number of pyridine rings is 1. The van der Waals surface area contributed by atoms with Crippen molar-refractivity contribution in [2.24, 2.45) is 0 Å². The largest absolute Gasteiger partial charge is 0.471 e. The van der Waals surface area contributed by atoms with Crippen molar-refractivity contribution in [3.63, 3.8) is 0 Å². The molecule has 0 saturated carbocycles. The summed E-state index contributed by atoms with van der Waals surface area (Å²) < 4.78 is 7.18. The topological polar surface area (TPSA) is 69.0 Å². The highest BCUT2D eigenvalue weighted by Crippen LogP contribution is 2.21. The van der Waals surface area contributed by atoms with Gasteiger partial charge in [0.2, 0.25) is 0 Å². The molecule has 0 unspecified atom stereocenters. The van der Waals surface area contributed by atoms with Crippen LogP contribution in [0.2, 0.25) is 5.02 Å². The van der Waals surface area contributed by atoms with Crippen molar-refractivity contribution in [1.29, 1.82) is 0 Å². The van der Waals surface area contributed by atoms with E-state index in [1.165, 1.54) is 0 Å². The molecule has 24 heavy (non-hydrogen) atoms. The maximum absolute atomic E-state index is 12.1. The number of halogens is 1. The fourth-order valence-corrected chi connectivity index (χ4v) is 2.15. The highest BCUT2D eigenvalue weighted by atomic mass is 35.5. The lowest BCUT2D eigenvalue weighted by Crippen LogP contribution is -2.14. The van der Waals surface area contributed by atoms with Crippen LogP contribution in [0.5, 0.6) is 5.75 Å². The van der Waals surface area contributed by atoms with Gasteiger partial charge >= 0.3 is 0 Å². The Kier molecular flexibility index (Phi) is 4.77. The molecule has 0 bridgehead atoms. The van der Waals surface area contributed by atoms with E-state index in [2.05, 4.69) is 15.4 Å². The van der Waals surface area contributed by atoms with Gasteiger partial charge in [-0.15, -0.1) is 0 Å². The van der Waals surface area contributed by atoms with Crippen molar-refractivity contribution < 1.29 is 9.53 Å². The minimum Gasteiger partial charge on any atom is -0.471 e. The van der Waals surface area contributed by atoms with E-state index >= 15 is 0 Å². The zero-order valence-corrected chi connectivity index (χ0v) is 13.7. The molecule has 2 heterocycles. The van der Waals surface area contributed by atoms with Gasteiger partial charge in [-0.25, -0.2) is 4.68 Å². The fraction of sp³-hybridized carbons (Fsp3) is 0.118. The standard InChI is InChI=1S/C17H15ClN4O2/c1-12-9-14(4-5-15(12)18)24-11-22-8-6-16(21-22)17(23)20-13-3-2-7-19-10-13/h2-10H,11H2,1H3,(H,20,23). The highest BCUT2D eigenvalue weighted by Gasteiger charge is 2.10. The number of amides is 1. The summed E-state index contributed by atoms with van der Waals surface area (Å²) in [4.78, 5) is 16.1. The molecule has 2 aromatic heterocycles. The average molecular weight is 343 g/mol. The smallest absolute Gasteiger partial charge is 0.276 e.